The van der Waals surface area contributed by atoms with Crippen LogP contribution in [0, 0.1) is 11.8 Å². The summed E-state index contributed by atoms with van der Waals surface area (Å²) in [6.07, 6.45) is 12.2. The fraction of sp³-hybridized carbons (Fsp3) is 0.204. The lowest BCUT2D eigenvalue weighted by molar-refractivity contribution is 0.120. The van der Waals surface area contributed by atoms with Gasteiger partial charge in [0.1, 0.15) is 0 Å². The minimum Gasteiger partial charge on any atom is -0.264 e. The van der Waals surface area contributed by atoms with Crippen LogP contribution in [0.5, 0.6) is 0 Å². The Hall–Kier alpha value is -5.27. The predicted octanol–water partition coefficient (Wildman–Crippen LogP) is 13.5. The van der Waals surface area contributed by atoms with Crippen LogP contribution in [-0.4, -0.2) is 4.98 Å². The van der Waals surface area contributed by atoms with Crippen molar-refractivity contribution in [3.05, 3.63) is 151 Å². The third-order valence-corrected chi connectivity index (χ3v) is 12.3. The number of nitrogens with zero attached hydrogens (tertiary/aromatic N) is 1. The quantitative estimate of drug-likeness (QED) is 0.170. The van der Waals surface area contributed by atoms with Gasteiger partial charge in [0.15, 0.2) is 0 Å². The van der Waals surface area contributed by atoms with Crippen molar-refractivity contribution in [1.82, 2.24) is 4.98 Å². The summed E-state index contributed by atoms with van der Waals surface area (Å²) in [4.78, 5) is 4.35. The highest BCUT2D eigenvalue weighted by Gasteiger charge is 2.40. The molecule has 0 amide bonds. The van der Waals surface area contributed by atoms with Crippen molar-refractivity contribution >= 4 is 32.3 Å². The molecular formula is C49H41N. The van der Waals surface area contributed by atoms with Gasteiger partial charge in [0.2, 0.25) is 0 Å². The zero-order valence-corrected chi connectivity index (χ0v) is 28.7. The number of benzene rings is 7. The Morgan fingerprint density at radius 2 is 1.06 bits per heavy atom. The number of pyridine rings is 1. The van der Waals surface area contributed by atoms with Crippen molar-refractivity contribution in [3.63, 3.8) is 0 Å². The molecule has 2 aliphatic rings. The average Bonchev–Trinajstić information content (AvgIpc) is 3.17. The van der Waals surface area contributed by atoms with Gasteiger partial charge in [-0.05, 0) is 131 Å². The van der Waals surface area contributed by atoms with Crippen molar-refractivity contribution < 1.29 is 0 Å². The molecule has 242 valence electrons. The Kier molecular flexibility index (Phi) is 6.91. The van der Waals surface area contributed by atoms with Gasteiger partial charge in [-0.25, -0.2) is 0 Å². The molecule has 10 rings (SSSR count). The molecule has 0 saturated heterocycles. The molecular weight excluding hydrogens is 603 g/mol. The van der Waals surface area contributed by atoms with Gasteiger partial charge < -0.3 is 0 Å². The van der Waals surface area contributed by atoms with E-state index in [0.717, 1.165) is 17.4 Å². The summed E-state index contributed by atoms with van der Waals surface area (Å²) in [5.41, 5.74) is 11.7. The largest absolute Gasteiger partial charge is 0.264 e. The van der Waals surface area contributed by atoms with E-state index in [9.17, 15) is 0 Å². The molecule has 2 unspecified atom stereocenters. The molecule has 1 heteroatoms. The van der Waals surface area contributed by atoms with Crippen LogP contribution in [0.1, 0.15) is 51.0 Å². The van der Waals surface area contributed by atoms with E-state index in [2.05, 4.69) is 139 Å². The first-order valence-electron chi connectivity index (χ1n) is 18.5. The standard InChI is InChI=1S/C49H41N/c1-49(29-32-7-5-8-33(25-32)30-49)42-26-39-20-22-43-45(37-16-12-35(13-17-37)34-9-3-2-4-10-34)28-46(44-23-21-40(27-42)47(39)48(43)44)38-18-14-36(15-19-38)41-11-6-24-50-31-41/h2-4,6,9-24,26-28,31-33H,5,7-8,25,29-30H2,1H3. The molecule has 8 aromatic rings. The molecule has 0 aliphatic heterocycles. The first-order chi connectivity index (χ1) is 24.6. The second kappa shape index (κ2) is 11.7. The second-order valence-corrected chi connectivity index (χ2v) is 15.5. The molecule has 50 heavy (non-hydrogen) atoms. The molecule has 2 atom stereocenters. The summed E-state index contributed by atoms with van der Waals surface area (Å²) in [7, 11) is 0. The Bertz CT molecular complexity index is 2310. The molecule has 2 saturated carbocycles. The maximum absolute atomic E-state index is 4.35. The molecule has 0 N–H and O–H groups in total. The molecule has 1 nitrogen and oxygen atoms in total. The topological polar surface area (TPSA) is 12.9 Å². The van der Waals surface area contributed by atoms with E-state index >= 15 is 0 Å². The summed E-state index contributed by atoms with van der Waals surface area (Å²) in [5.74, 6) is 1.78. The van der Waals surface area contributed by atoms with Gasteiger partial charge in [-0.3, -0.25) is 4.98 Å². The number of hydrogen-bond donors (Lipinski definition) is 0. The van der Waals surface area contributed by atoms with Crippen LogP contribution in [0.4, 0.5) is 0 Å². The molecule has 1 heterocycles. The molecule has 2 fully saturated rings. The summed E-state index contributed by atoms with van der Waals surface area (Å²) in [6, 6.07) is 50.2. The van der Waals surface area contributed by atoms with Crippen LogP contribution >= 0.6 is 0 Å². The summed E-state index contributed by atoms with van der Waals surface area (Å²) in [6.45, 7) is 2.56. The highest BCUT2D eigenvalue weighted by Crippen LogP contribution is 2.52. The van der Waals surface area contributed by atoms with Crippen LogP contribution in [0.25, 0.3) is 76.8 Å². The molecule has 0 radical (unpaired) electrons. The Morgan fingerprint density at radius 1 is 0.520 bits per heavy atom. The minimum atomic E-state index is 0.255. The maximum Gasteiger partial charge on any atom is 0.0346 e. The lowest BCUT2D eigenvalue weighted by atomic mass is 9.59. The van der Waals surface area contributed by atoms with Crippen molar-refractivity contribution in [2.45, 2.75) is 50.9 Å². The second-order valence-electron chi connectivity index (χ2n) is 15.5. The van der Waals surface area contributed by atoms with Crippen LogP contribution in [0.3, 0.4) is 0 Å². The van der Waals surface area contributed by atoms with E-state index in [1.807, 2.05) is 18.5 Å². The van der Waals surface area contributed by atoms with Gasteiger partial charge in [-0.1, -0.05) is 148 Å². The average molecular weight is 644 g/mol. The highest BCUT2D eigenvalue weighted by molar-refractivity contribution is 6.28. The number of fused-ring (bicyclic) bond motifs is 2. The van der Waals surface area contributed by atoms with E-state index in [1.165, 1.54) is 110 Å². The van der Waals surface area contributed by atoms with Gasteiger partial charge >= 0.3 is 0 Å². The number of hydrogen-bond acceptors (Lipinski definition) is 1. The van der Waals surface area contributed by atoms with Gasteiger partial charge in [-0.2, -0.15) is 0 Å². The van der Waals surface area contributed by atoms with Crippen molar-refractivity contribution in [2.75, 3.05) is 0 Å². The third kappa shape index (κ3) is 4.94. The zero-order chi connectivity index (χ0) is 33.2. The summed E-state index contributed by atoms with van der Waals surface area (Å²) < 4.78 is 0. The van der Waals surface area contributed by atoms with E-state index < -0.39 is 0 Å². The number of rotatable bonds is 5. The molecule has 1 aromatic heterocycles. The Labute approximate surface area is 295 Å². The van der Waals surface area contributed by atoms with Crippen molar-refractivity contribution in [2.24, 2.45) is 11.8 Å². The first-order valence-corrected chi connectivity index (χ1v) is 18.5. The van der Waals surface area contributed by atoms with E-state index in [1.54, 1.807) is 5.56 Å². The van der Waals surface area contributed by atoms with Crippen LogP contribution in [0.15, 0.2) is 146 Å². The van der Waals surface area contributed by atoms with Gasteiger partial charge in [-0.15, -0.1) is 0 Å². The van der Waals surface area contributed by atoms with E-state index in [-0.39, 0.29) is 5.41 Å². The third-order valence-electron chi connectivity index (χ3n) is 12.3. The van der Waals surface area contributed by atoms with Crippen molar-refractivity contribution in [1.29, 1.82) is 0 Å². The summed E-state index contributed by atoms with van der Waals surface area (Å²) >= 11 is 0. The van der Waals surface area contributed by atoms with Crippen LogP contribution in [-0.2, 0) is 5.41 Å². The van der Waals surface area contributed by atoms with Gasteiger partial charge in [0, 0.05) is 12.4 Å². The van der Waals surface area contributed by atoms with Gasteiger partial charge in [0.25, 0.3) is 0 Å². The fourth-order valence-electron chi connectivity index (χ4n) is 9.96. The minimum absolute atomic E-state index is 0.255. The Morgan fingerprint density at radius 3 is 1.64 bits per heavy atom. The molecule has 2 aliphatic carbocycles. The SMILES string of the molecule is CC1(c2cc3ccc4c(-c5ccc(-c6ccccc6)cc5)cc(-c5ccc(-c6cccnc6)cc5)c5ccc(c2)c3c45)CC2CCCC(C2)C1. The molecule has 7 aromatic carbocycles. The van der Waals surface area contributed by atoms with Crippen molar-refractivity contribution in [3.8, 4) is 44.5 Å². The van der Waals surface area contributed by atoms with Gasteiger partial charge in [0.05, 0.1) is 0 Å². The monoisotopic (exact) mass is 643 g/mol. The molecule has 0 spiro atoms. The Balaban J connectivity index is 1.17. The molecule has 2 bridgehead atoms. The van der Waals surface area contributed by atoms with Crippen LogP contribution < -0.4 is 0 Å². The predicted molar refractivity (Wildman–Crippen MR) is 212 cm³/mol. The zero-order valence-electron chi connectivity index (χ0n) is 28.7. The highest BCUT2D eigenvalue weighted by atomic mass is 14.6. The smallest absolute Gasteiger partial charge is 0.0346 e. The summed E-state index contributed by atoms with van der Waals surface area (Å²) in [5, 5.41) is 8.19. The lowest BCUT2D eigenvalue weighted by Gasteiger charge is -2.46. The number of aromatic nitrogens is 1. The van der Waals surface area contributed by atoms with E-state index in [4.69, 9.17) is 0 Å². The first kappa shape index (κ1) is 29.6. The normalized spacial score (nSPS) is 20.5. The van der Waals surface area contributed by atoms with Crippen LogP contribution in [0.2, 0.25) is 0 Å². The maximum atomic E-state index is 4.35. The van der Waals surface area contributed by atoms with E-state index in [0.29, 0.717) is 0 Å². The fourth-order valence-corrected chi connectivity index (χ4v) is 9.96. The lowest BCUT2D eigenvalue weighted by Crippen LogP contribution is -2.36.